The third-order valence-corrected chi connectivity index (χ3v) is 2.86. The lowest BCUT2D eigenvalue weighted by molar-refractivity contribution is -0.202. The Kier molecular flexibility index (Phi) is 3.13. The summed E-state index contributed by atoms with van der Waals surface area (Å²) in [6, 6.07) is 6.33. The van der Waals surface area contributed by atoms with Crippen LogP contribution in [0.25, 0.3) is 11.4 Å². The summed E-state index contributed by atoms with van der Waals surface area (Å²) in [6.45, 7) is 1.15. The number of hydrogen-bond acceptors (Lipinski definition) is 3. The van der Waals surface area contributed by atoms with E-state index < -0.39 is 6.30 Å². The molecule has 1 aliphatic heterocycles. The standard InChI is InChI=1S/C13H11F3N2O2/c14-13(15,16)18-6-5-17-12(18)9-1-3-10(4-2-9)19-7-11-8-20-11/h1-6,11H,7-8H2. The summed E-state index contributed by atoms with van der Waals surface area (Å²) in [5, 5.41) is 0. The minimum absolute atomic E-state index is 0.138. The van der Waals surface area contributed by atoms with Crippen molar-refractivity contribution in [1.82, 2.24) is 9.55 Å². The van der Waals surface area contributed by atoms with E-state index in [0.717, 1.165) is 12.4 Å². The third-order valence-electron chi connectivity index (χ3n) is 2.86. The fourth-order valence-corrected chi connectivity index (χ4v) is 1.78. The Hall–Kier alpha value is -2.02. The largest absolute Gasteiger partial charge is 0.491 e. The van der Waals surface area contributed by atoms with Crippen molar-refractivity contribution in [3.05, 3.63) is 36.7 Å². The van der Waals surface area contributed by atoms with Crippen molar-refractivity contribution >= 4 is 0 Å². The highest BCUT2D eigenvalue weighted by Crippen LogP contribution is 2.29. The average Bonchev–Trinajstić information content (AvgIpc) is 3.09. The van der Waals surface area contributed by atoms with Gasteiger partial charge in [0.1, 0.15) is 24.3 Å². The van der Waals surface area contributed by atoms with Crippen LogP contribution in [0.15, 0.2) is 36.7 Å². The fourth-order valence-electron chi connectivity index (χ4n) is 1.78. The molecule has 106 valence electrons. The first-order chi connectivity index (χ1) is 9.54. The van der Waals surface area contributed by atoms with Crippen LogP contribution < -0.4 is 4.74 Å². The molecule has 0 saturated carbocycles. The van der Waals surface area contributed by atoms with E-state index in [1.54, 1.807) is 24.3 Å². The molecule has 4 nitrogen and oxygen atoms in total. The molecule has 0 radical (unpaired) electrons. The molecule has 1 aliphatic rings. The molecule has 3 rings (SSSR count). The molecule has 1 unspecified atom stereocenters. The van der Waals surface area contributed by atoms with Gasteiger partial charge in [-0.3, -0.25) is 0 Å². The highest BCUT2D eigenvalue weighted by molar-refractivity contribution is 5.57. The van der Waals surface area contributed by atoms with Crippen LogP contribution in [0, 0.1) is 0 Å². The van der Waals surface area contributed by atoms with Crippen LogP contribution in [0.1, 0.15) is 0 Å². The van der Waals surface area contributed by atoms with E-state index in [0.29, 0.717) is 24.5 Å². The van der Waals surface area contributed by atoms with Crippen LogP contribution in [-0.2, 0) is 11.0 Å². The van der Waals surface area contributed by atoms with Gasteiger partial charge in [-0.2, -0.15) is 0 Å². The Morgan fingerprint density at radius 1 is 1.30 bits per heavy atom. The SMILES string of the molecule is FC(F)(F)n1ccnc1-c1ccc(OCC2CO2)cc1. The van der Waals surface area contributed by atoms with Gasteiger partial charge < -0.3 is 9.47 Å². The van der Waals surface area contributed by atoms with Crippen molar-refractivity contribution in [1.29, 1.82) is 0 Å². The second-order valence-electron chi connectivity index (χ2n) is 4.38. The number of alkyl halides is 3. The molecule has 2 aromatic rings. The summed E-state index contributed by atoms with van der Waals surface area (Å²) >= 11 is 0. The summed E-state index contributed by atoms with van der Waals surface area (Å²) in [7, 11) is 0. The number of benzene rings is 1. The van der Waals surface area contributed by atoms with E-state index >= 15 is 0 Å². The number of nitrogens with zero attached hydrogens (tertiary/aromatic N) is 2. The molecule has 0 aliphatic carbocycles. The summed E-state index contributed by atoms with van der Waals surface area (Å²) < 4.78 is 48.9. The van der Waals surface area contributed by atoms with Crippen molar-refractivity contribution in [2.45, 2.75) is 12.4 Å². The molecule has 0 N–H and O–H groups in total. The van der Waals surface area contributed by atoms with Crippen molar-refractivity contribution < 1.29 is 22.6 Å². The second kappa shape index (κ2) is 4.82. The monoisotopic (exact) mass is 284 g/mol. The molecule has 1 fully saturated rings. The molecule has 0 spiro atoms. The lowest BCUT2D eigenvalue weighted by Crippen LogP contribution is -2.16. The molecule has 0 bridgehead atoms. The number of hydrogen-bond donors (Lipinski definition) is 0. The molecule has 1 aromatic carbocycles. The Bertz CT molecular complexity index is 588. The van der Waals surface area contributed by atoms with Crippen LogP contribution >= 0.6 is 0 Å². The van der Waals surface area contributed by atoms with Gasteiger partial charge in [0.05, 0.1) is 6.61 Å². The first-order valence-corrected chi connectivity index (χ1v) is 5.99. The maximum Gasteiger partial charge on any atom is 0.490 e. The quantitative estimate of drug-likeness (QED) is 0.810. The highest BCUT2D eigenvalue weighted by atomic mass is 19.4. The number of epoxide rings is 1. The van der Waals surface area contributed by atoms with Gasteiger partial charge in [0.2, 0.25) is 0 Å². The molecule has 2 heterocycles. The van der Waals surface area contributed by atoms with Gasteiger partial charge in [-0.15, -0.1) is 13.2 Å². The van der Waals surface area contributed by atoms with Gasteiger partial charge >= 0.3 is 6.30 Å². The normalized spacial score (nSPS) is 18.1. The maximum atomic E-state index is 12.7. The number of halogens is 3. The minimum atomic E-state index is -4.48. The lowest BCUT2D eigenvalue weighted by Gasteiger charge is -2.11. The van der Waals surface area contributed by atoms with E-state index in [1.807, 2.05) is 0 Å². The molecular formula is C13H11F3N2O2. The molecule has 20 heavy (non-hydrogen) atoms. The topological polar surface area (TPSA) is 39.6 Å². The van der Waals surface area contributed by atoms with Gasteiger partial charge in [-0.05, 0) is 24.3 Å². The highest BCUT2D eigenvalue weighted by Gasteiger charge is 2.33. The summed E-state index contributed by atoms with van der Waals surface area (Å²) in [6.07, 6.45) is -2.33. The predicted molar refractivity (Wildman–Crippen MR) is 64.2 cm³/mol. The Morgan fingerprint density at radius 2 is 2.00 bits per heavy atom. The smallest absolute Gasteiger partial charge is 0.490 e. The van der Waals surface area contributed by atoms with E-state index in [2.05, 4.69) is 4.98 Å². The van der Waals surface area contributed by atoms with Crippen molar-refractivity contribution in [3.8, 4) is 17.1 Å². The van der Waals surface area contributed by atoms with Crippen LogP contribution in [0.4, 0.5) is 13.2 Å². The van der Waals surface area contributed by atoms with Crippen LogP contribution in [-0.4, -0.2) is 28.9 Å². The first kappa shape index (κ1) is 13.0. The molecule has 1 saturated heterocycles. The summed E-state index contributed by atoms with van der Waals surface area (Å²) in [4.78, 5) is 3.75. The van der Waals surface area contributed by atoms with Crippen LogP contribution in [0.2, 0.25) is 0 Å². The maximum absolute atomic E-state index is 12.7. The molecule has 0 amide bonds. The van der Waals surface area contributed by atoms with Crippen molar-refractivity contribution in [2.75, 3.05) is 13.2 Å². The van der Waals surface area contributed by atoms with Crippen molar-refractivity contribution in [2.24, 2.45) is 0 Å². The summed E-state index contributed by atoms with van der Waals surface area (Å²) in [5.41, 5.74) is 0.377. The Labute approximate surface area is 112 Å². The molecule has 1 atom stereocenters. The van der Waals surface area contributed by atoms with E-state index in [9.17, 15) is 13.2 Å². The first-order valence-electron chi connectivity index (χ1n) is 5.99. The molecule has 7 heteroatoms. The number of rotatable bonds is 4. The number of imidazole rings is 1. The average molecular weight is 284 g/mol. The predicted octanol–water partition coefficient (Wildman–Crippen LogP) is 2.80. The van der Waals surface area contributed by atoms with Gasteiger partial charge in [0.15, 0.2) is 0 Å². The van der Waals surface area contributed by atoms with Gasteiger partial charge in [-0.25, -0.2) is 9.55 Å². The third kappa shape index (κ3) is 2.77. The zero-order valence-corrected chi connectivity index (χ0v) is 10.3. The Morgan fingerprint density at radius 3 is 2.60 bits per heavy atom. The van der Waals surface area contributed by atoms with Crippen LogP contribution in [0.3, 0.4) is 0 Å². The fraction of sp³-hybridized carbons (Fsp3) is 0.308. The number of ether oxygens (including phenoxy) is 2. The van der Waals surface area contributed by atoms with Gasteiger partial charge in [-0.1, -0.05) is 0 Å². The van der Waals surface area contributed by atoms with E-state index in [1.165, 1.54) is 0 Å². The van der Waals surface area contributed by atoms with E-state index in [4.69, 9.17) is 9.47 Å². The number of aromatic nitrogens is 2. The lowest BCUT2D eigenvalue weighted by atomic mass is 10.2. The Balaban J connectivity index is 1.78. The van der Waals surface area contributed by atoms with Gasteiger partial charge in [0.25, 0.3) is 0 Å². The minimum Gasteiger partial charge on any atom is -0.491 e. The summed E-state index contributed by atoms with van der Waals surface area (Å²) in [5.74, 6) is 0.448. The van der Waals surface area contributed by atoms with Crippen molar-refractivity contribution in [3.63, 3.8) is 0 Å². The second-order valence-corrected chi connectivity index (χ2v) is 4.38. The zero-order chi connectivity index (χ0) is 14.2. The van der Waals surface area contributed by atoms with Crippen LogP contribution in [0.5, 0.6) is 5.75 Å². The van der Waals surface area contributed by atoms with Gasteiger partial charge in [0, 0.05) is 18.0 Å². The zero-order valence-electron chi connectivity index (χ0n) is 10.3. The van der Waals surface area contributed by atoms with E-state index in [-0.39, 0.29) is 16.5 Å². The molecule has 1 aromatic heterocycles. The molecular weight excluding hydrogens is 273 g/mol.